The lowest BCUT2D eigenvalue weighted by molar-refractivity contribution is 0.550. The molecule has 18 heavy (non-hydrogen) atoms. The second-order valence-corrected chi connectivity index (χ2v) is 7.68. The van der Waals surface area contributed by atoms with Gasteiger partial charge in [0.15, 0.2) is 0 Å². The summed E-state index contributed by atoms with van der Waals surface area (Å²) in [6.07, 6.45) is 1.78. The Hall–Kier alpha value is -0.560. The highest BCUT2D eigenvalue weighted by atomic mass is 32.2. The van der Waals surface area contributed by atoms with Gasteiger partial charge < -0.3 is 0 Å². The number of hydrazine groups is 1. The Kier molecular flexibility index (Phi) is 6.14. The average molecular weight is 288 g/mol. The molecule has 0 saturated heterocycles. The van der Waals surface area contributed by atoms with Crippen molar-refractivity contribution in [3.05, 3.63) is 29.8 Å². The summed E-state index contributed by atoms with van der Waals surface area (Å²) in [5.41, 5.74) is 3.90. The zero-order valence-corrected chi connectivity index (χ0v) is 12.4. The molecule has 1 unspecified atom stereocenters. The number of rotatable bonds is 7. The summed E-state index contributed by atoms with van der Waals surface area (Å²) >= 11 is 1.69. The molecule has 0 saturated carbocycles. The molecular formula is C12H20N2O2S2. The minimum atomic E-state index is -2.93. The van der Waals surface area contributed by atoms with Gasteiger partial charge in [0.25, 0.3) is 0 Å². The molecule has 1 rings (SSSR count). The van der Waals surface area contributed by atoms with Crippen LogP contribution in [0, 0.1) is 6.92 Å². The fourth-order valence-electron chi connectivity index (χ4n) is 1.48. The van der Waals surface area contributed by atoms with E-state index in [0.29, 0.717) is 6.42 Å². The molecule has 1 atom stereocenters. The molecule has 4 nitrogen and oxygen atoms in total. The molecule has 6 heteroatoms. The van der Waals surface area contributed by atoms with E-state index >= 15 is 0 Å². The first-order valence-corrected chi connectivity index (χ1v) is 8.79. The zero-order chi connectivity index (χ0) is 13.6. The summed E-state index contributed by atoms with van der Waals surface area (Å²) in [7, 11) is -2.93. The highest BCUT2D eigenvalue weighted by Gasteiger charge is 2.11. The topological polar surface area (TPSA) is 72.2 Å². The van der Waals surface area contributed by atoms with Crippen molar-refractivity contribution in [1.82, 2.24) is 5.43 Å². The van der Waals surface area contributed by atoms with E-state index in [9.17, 15) is 8.42 Å². The molecule has 102 valence electrons. The SMILES string of the molecule is Cc1ccccc1SCC(CCS(C)(=O)=O)NN. The third-order valence-electron chi connectivity index (χ3n) is 2.61. The van der Waals surface area contributed by atoms with E-state index in [-0.39, 0.29) is 11.8 Å². The van der Waals surface area contributed by atoms with Crippen LogP contribution in [-0.4, -0.2) is 32.2 Å². The van der Waals surface area contributed by atoms with Gasteiger partial charge in [-0.05, 0) is 25.0 Å². The Bertz CT molecular complexity index is 475. The van der Waals surface area contributed by atoms with Crippen LogP contribution in [-0.2, 0) is 9.84 Å². The molecule has 0 aliphatic heterocycles. The number of hydrogen-bond donors (Lipinski definition) is 2. The Morgan fingerprint density at radius 3 is 2.61 bits per heavy atom. The maximum Gasteiger partial charge on any atom is 0.147 e. The van der Waals surface area contributed by atoms with Crippen molar-refractivity contribution >= 4 is 21.6 Å². The molecule has 0 aliphatic rings. The van der Waals surface area contributed by atoms with Crippen LogP contribution >= 0.6 is 11.8 Å². The summed E-state index contributed by atoms with van der Waals surface area (Å²) in [5.74, 6) is 6.37. The first-order chi connectivity index (χ1) is 8.42. The summed E-state index contributed by atoms with van der Waals surface area (Å²) in [4.78, 5) is 1.21. The molecule has 3 N–H and O–H groups in total. The standard InChI is InChI=1S/C12H20N2O2S2/c1-10-5-3-4-6-12(10)17-9-11(14-13)7-8-18(2,15)16/h3-6,11,14H,7-9,13H2,1-2H3. The van der Waals surface area contributed by atoms with Gasteiger partial charge in [0.2, 0.25) is 0 Å². The molecular weight excluding hydrogens is 268 g/mol. The van der Waals surface area contributed by atoms with Crippen LogP contribution in [0.4, 0.5) is 0 Å². The van der Waals surface area contributed by atoms with Crippen LogP contribution in [0.1, 0.15) is 12.0 Å². The number of thioether (sulfide) groups is 1. The van der Waals surface area contributed by atoms with Crippen LogP contribution in [0.5, 0.6) is 0 Å². The quantitative estimate of drug-likeness (QED) is 0.450. The first-order valence-electron chi connectivity index (χ1n) is 5.74. The minimum Gasteiger partial charge on any atom is -0.271 e. The summed E-state index contributed by atoms with van der Waals surface area (Å²) in [6, 6.07) is 8.12. The average Bonchev–Trinajstić information content (AvgIpc) is 2.30. The van der Waals surface area contributed by atoms with Crippen molar-refractivity contribution in [2.75, 3.05) is 17.8 Å². The molecule has 1 aromatic rings. The monoisotopic (exact) mass is 288 g/mol. The summed E-state index contributed by atoms with van der Waals surface area (Å²) in [5, 5.41) is 0. The molecule has 1 aromatic carbocycles. The smallest absolute Gasteiger partial charge is 0.147 e. The van der Waals surface area contributed by atoms with Gasteiger partial charge in [-0.2, -0.15) is 0 Å². The Morgan fingerprint density at radius 1 is 1.39 bits per heavy atom. The van der Waals surface area contributed by atoms with E-state index < -0.39 is 9.84 Å². The highest BCUT2D eigenvalue weighted by Crippen LogP contribution is 2.22. The molecule has 0 aromatic heterocycles. The van der Waals surface area contributed by atoms with Crippen LogP contribution < -0.4 is 11.3 Å². The summed E-state index contributed by atoms with van der Waals surface area (Å²) in [6.45, 7) is 2.06. The highest BCUT2D eigenvalue weighted by molar-refractivity contribution is 7.99. The van der Waals surface area contributed by atoms with Crippen LogP contribution in [0.25, 0.3) is 0 Å². The van der Waals surface area contributed by atoms with E-state index in [1.165, 1.54) is 16.7 Å². The van der Waals surface area contributed by atoms with Gasteiger partial charge in [-0.25, -0.2) is 8.42 Å². The van der Waals surface area contributed by atoms with Crippen molar-refractivity contribution in [2.24, 2.45) is 5.84 Å². The Labute approximate surface area is 113 Å². The van der Waals surface area contributed by atoms with E-state index in [0.717, 1.165) is 5.75 Å². The van der Waals surface area contributed by atoms with Gasteiger partial charge in [0.1, 0.15) is 9.84 Å². The molecule has 0 amide bonds. The molecule has 0 fully saturated rings. The largest absolute Gasteiger partial charge is 0.271 e. The fraction of sp³-hybridized carbons (Fsp3) is 0.500. The van der Waals surface area contributed by atoms with E-state index in [1.807, 2.05) is 12.1 Å². The first kappa shape index (κ1) is 15.5. The van der Waals surface area contributed by atoms with Gasteiger partial charge in [-0.15, -0.1) is 11.8 Å². The van der Waals surface area contributed by atoms with Crippen molar-refractivity contribution < 1.29 is 8.42 Å². The van der Waals surface area contributed by atoms with Gasteiger partial charge in [0.05, 0.1) is 5.75 Å². The van der Waals surface area contributed by atoms with Crippen LogP contribution in [0.15, 0.2) is 29.2 Å². The Balaban J connectivity index is 2.47. The Morgan fingerprint density at radius 2 is 2.06 bits per heavy atom. The molecule has 0 heterocycles. The number of nitrogens with two attached hydrogens (primary N) is 1. The number of sulfone groups is 1. The number of benzene rings is 1. The number of hydrogen-bond acceptors (Lipinski definition) is 5. The van der Waals surface area contributed by atoms with Gasteiger partial charge in [-0.3, -0.25) is 11.3 Å². The zero-order valence-electron chi connectivity index (χ0n) is 10.7. The second kappa shape index (κ2) is 7.13. The third kappa shape index (κ3) is 5.86. The van der Waals surface area contributed by atoms with E-state index in [2.05, 4.69) is 24.5 Å². The van der Waals surface area contributed by atoms with Gasteiger partial charge in [0, 0.05) is 22.9 Å². The number of nitrogens with one attached hydrogen (secondary N) is 1. The molecule has 0 bridgehead atoms. The lowest BCUT2D eigenvalue weighted by Gasteiger charge is -2.15. The predicted molar refractivity (Wildman–Crippen MR) is 77.3 cm³/mol. The minimum absolute atomic E-state index is 0.00401. The van der Waals surface area contributed by atoms with E-state index in [4.69, 9.17) is 5.84 Å². The second-order valence-electron chi connectivity index (χ2n) is 4.36. The number of aryl methyl sites for hydroxylation is 1. The maximum absolute atomic E-state index is 11.1. The van der Waals surface area contributed by atoms with Crippen LogP contribution in [0.3, 0.4) is 0 Å². The lowest BCUT2D eigenvalue weighted by Crippen LogP contribution is -2.38. The molecule has 0 spiro atoms. The van der Waals surface area contributed by atoms with Gasteiger partial charge in [-0.1, -0.05) is 18.2 Å². The molecule has 0 aliphatic carbocycles. The maximum atomic E-state index is 11.1. The van der Waals surface area contributed by atoms with Crippen molar-refractivity contribution in [1.29, 1.82) is 0 Å². The summed E-state index contributed by atoms with van der Waals surface area (Å²) < 4.78 is 22.2. The lowest BCUT2D eigenvalue weighted by atomic mass is 10.2. The van der Waals surface area contributed by atoms with Crippen molar-refractivity contribution in [3.63, 3.8) is 0 Å². The third-order valence-corrected chi connectivity index (χ3v) is 4.92. The van der Waals surface area contributed by atoms with Crippen molar-refractivity contribution in [3.8, 4) is 0 Å². The van der Waals surface area contributed by atoms with E-state index in [1.54, 1.807) is 11.8 Å². The predicted octanol–water partition coefficient (Wildman–Crippen LogP) is 1.35. The van der Waals surface area contributed by atoms with Crippen LogP contribution in [0.2, 0.25) is 0 Å². The normalized spacial score (nSPS) is 13.5. The fourth-order valence-corrected chi connectivity index (χ4v) is 3.31. The molecule has 0 radical (unpaired) electrons. The van der Waals surface area contributed by atoms with Crippen molar-refractivity contribution in [2.45, 2.75) is 24.3 Å². The van der Waals surface area contributed by atoms with Gasteiger partial charge >= 0.3 is 0 Å².